The first-order valence-electron chi connectivity index (χ1n) is 9.24. The van der Waals surface area contributed by atoms with Crippen LogP contribution in [0.4, 0.5) is 0 Å². The van der Waals surface area contributed by atoms with Crippen LogP contribution in [0.5, 0.6) is 11.5 Å². The van der Waals surface area contributed by atoms with Crippen molar-refractivity contribution >= 4 is 18.1 Å². The predicted octanol–water partition coefficient (Wildman–Crippen LogP) is 2.81. The molecule has 0 radical (unpaired) electrons. The minimum Gasteiger partial charge on any atom is -0.504 e. The number of phenols is 1. The van der Waals surface area contributed by atoms with Gasteiger partial charge in [-0.2, -0.15) is 0 Å². The Morgan fingerprint density at radius 3 is 3.00 bits per heavy atom. The number of aromatic hydroxyl groups is 1. The van der Waals surface area contributed by atoms with Crippen LogP contribution in [-0.2, 0) is 17.6 Å². The van der Waals surface area contributed by atoms with E-state index in [0.29, 0.717) is 18.6 Å². The topological polar surface area (TPSA) is 94.6 Å². The maximum absolute atomic E-state index is 12.2. The summed E-state index contributed by atoms with van der Waals surface area (Å²) >= 11 is 0. The van der Waals surface area contributed by atoms with Gasteiger partial charge in [0.2, 0.25) is 5.91 Å². The highest BCUT2D eigenvalue weighted by Crippen LogP contribution is 2.29. The van der Waals surface area contributed by atoms with Gasteiger partial charge in [-0.15, -0.1) is 0 Å². The molecule has 2 aromatic rings. The number of aliphatic hydroxyl groups is 1. The summed E-state index contributed by atoms with van der Waals surface area (Å²) in [4.78, 5) is 15.5. The number of carbonyl (C=O) groups excluding carboxylic acids is 1. The number of rotatable bonds is 6. The zero-order valence-corrected chi connectivity index (χ0v) is 16.3. The highest BCUT2D eigenvalue weighted by molar-refractivity contribution is 5.92. The summed E-state index contributed by atoms with van der Waals surface area (Å²) in [7, 11) is 1.48. The molecule has 6 heteroatoms. The van der Waals surface area contributed by atoms with Crippen LogP contribution in [0.25, 0.3) is 12.2 Å². The molecule has 1 heterocycles. The lowest BCUT2D eigenvalue weighted by Crippen LogP contribution is -2.33. The normalized spacial score (nSPS) is 19.4. The standard InChI is InChI=1S/C22H26N2O4/c1-14(10-16-13-23-18-8-9-22(2,27)12-17(16)18)24-21(26)7-5-15-4-6-19(25)20(11-15)28-3/h4-9,11,13-14,23,25,27H,10,12H2,1-3H3,(H,24,26)/b7-5+/t14-,22?/m1/s1. The smallest absolute Gasteiger partial charge is 0.244 e. The summed E-state index contributed by atoms with van der Waals surface area (Å²) in [5, 5.41) is 22.8. The Hall–Kier alpha value is -2.99. The van der Waals surface area contributed by atoms with E-state index in [1.807, 2.05) is 19.2 Å². The van der Waals surface area contributed by atoms with Crippen LogP contribution in [0.3, 0.4) is 0 Å². The van der Waals surface area contributed by atoms with Crippen LogP contribution in [-0.4, -0.2) is 39.9 Å². The van der Waals surface area contributed by atoms with Crippen molar-refractivity contribution in [2.45, 2.75) is 38.3 Å². The molecule has 0 bridgehead atoms. The van der Waals surface area contributed by atoms with Crippen LogP contribution in [0.15, 0.2) is 36.5 Å². The number of hydrogen-bond acceptors (Lipinski definition) is 4. The first-order valence-corrected chi connectivity index (χ1v) is 9.24. The van der Waals surface area contributed by atoms with Gasteiger partial charge in [0, 0.05) is 30.4 Å². The van der Waals surface area contributed by atoms with Crippen molar-refractivity contribution in [1.29, 1.82) is 0 Å². The van der Waals surface area contributed by atoms with Crippen molar-refractivity contribution in [3.63, 3.8) is 0 Å². The van der Waals surface area contributed by atoms with Crippen LogP contribution >= 0.6 is 0 Å². The van der Waals surface area contributed by atoms with Gasteiger partial charge in [0.1, 0.15) is 0 Å². The number of fused-ring (bicyclic) bond motifs is 1. The third kappa shape index (κ3) is 4.64. The molecule has 1 amide bonds. The molecule has 28 heavy (non-hydrogen) atoms. The maximum Gasteiger partial charge on any atom is 0.244 e. The lowest BCUT2D eigenvalue weighted by atomic mass is 9.88. The van der Waals surface area contributed by atoms with Crippen LogP contribution in [0, 0.1) is 0 Å². The third-order valence-corrected chi connectivity index (χ3v) is 4.80. The van der Waals surface area contributed by atoms with Crippen molar-refractivity contribution in [2.75, 3.05) is 7.11 Å². The molecule has 6 nitrogen and oxygen atoms in total. The third-order valence-electron chi connectivity index (χ3n) is 4.80. The molecule has 2 atom stereocenters. The molecule has 3 rings (SSSR count). The molecule has 0 saturated heterocycles. The summed E-state index contributed by atoms with van der Waals surface area (Å²) in [6.07, 6.45) is 10.00. The maximum atomic E-state index is 12.2. The van der Waals surface area contributed by atoms with Gasteiger partial charge in [0.15, 0.2) is 11.5 Å². The van der Waals surface area contributed by atoms with Gasteiger partial charge >= 0.3 is 0 Å². The average molecular weight is 382 g/mol. The monoisotopic (exact) mass is 382 g/mol. The lowest BCUT2D eigenvalue weighted by Gasteiger charge is -2.24. The fourth-order valence-corrected chi connectivity index (χ4v) is 3.37. The van der Waals surface area contributed by atoms with Crippen molar-refractivity contribution in [3.05, 3.63) is 58.9 Å². The SMILES string of the molecule is COc1cc(/C=C/C(=O)N[C@H](C)Cc2c[nH]c3c2CC(C)(O)C=C3)ccc1O. The number of carbonyl (C=O) groups is 1. The summed E-state index contributed by atoms with van der Waals surface area (Å²) in [5.41, 5.74) is 3.12. The van der Waals surface area contributed by atoms with E-state index in [0.717, 1.165) is 22.4 Å². The van der Waals surface area contributed by atoms with Crippen molar-refractivity contribution in [2.24, 2.45) is 0 Å². The minimum absolute atomic E-state index is 0.0568. The molecule has 0 saturated carbocycles. The second-order valence-electron chi connectivity index (χ2n) is 7.45. The van der Waals surface area contributed by atoms with Crippen LogP contribution in [0.2, 0.25) is 0 Å². The van der Waals surface area contributed by atoms with E-state index in [4.69, 9.17) is 4.74 Å². The minimum atomic E-state index is -0.843. The Kier molecular flexibility index (Phi) is 5.61. The van der Waals surface area contributed by atoms with Crippen LogP contribution in [0.1, 0.15) is 36.2 Å². The molecular weight excluding hydrogens is 356 g/mol. The van der Waals surface area contributed by atoms with Crippen molar-refractivity contribution in [3.8, 4) is 11.5 Å². The number of aromatic nitrogens is 1. The van der Waals surface area contributed by atoms with E-state index in [2.05, 4.69) is 10.3 Å². The molecule has 148 valence electrons. The quantitative estimate of drug-likeness (QED) is 0.578. The molecule has 0 fully saturated rings. The van der Waals surface area contributed by atoms with E-state index in [9.17, 15) is 15.0 Å². The second kappa shape index (κ2) is 7.94. The number of amides is 1. The van der Waals surface area contributed by atoms with E-state index in [1.165, 1.54) is 19.3 Å². The molecule has 1 aliphatic rings. The largest absolute Gasteiger partial charge is 0.504 e. The van der Waals surface area contributed by atoms with Gasteiger partial charge in [-0.3, -0.25) is 4.79 Å². The molecule has 4 N–H and O–H groups in total. The fourth-order valence-electron chi connectivity index (χ4n) is 3.37. The second-order valence-corrected chi connectivity index (χ2v) is 7.45. The zero-order chi connectivity index (χ0) is 20.3. The number of benzene rings is 1. The summed E-state index contributed by atoms with van der Waals surface area (Å²) in [6, 6.07) is 4.82. The average Bonchev–Trinajstić information content (AvgIpc) is 3.01. The number of H-pyrrole nitrogens is 1. The lowest BCUT2D eigenvalue weighted by molar-refractivity contribution is -0.117. The van der Waals surface area contributed by atoms with E-state index in [-0.39, 0.29) is 17.7 Å². The van der Waals surface area contributed by atoms with Gasteiger partial charge in [-0.1, -0.05) is 12.1 Å². The molecule has 1 aromatic carbocycles. The highest BCUT2D eigenvalue weighted by atomic mass is 16.5. The summed E-state index contributed by atoms with van der Waals surface area (Å²) < 4.78 is 5.07. The van der Waals surface area contributed by atoms with E-state index < -0.39 is 5.60 Å². The molecule has 0 aliphatic heterocycles. The number of hydrogen-bond donors (Lipinski definition) is 4. The van der Waals surface area contributed by atoms with E-state index in [1.54, 1.807) is 31.2 Å². The zero-order valence-electron chi connectivity index (χ0n) is 16.3. The number of ether oxygens (including phenoxy) is 1. The van der Waals surface area contributed by atoms with Gasteiger partial charge < -0.3 is 25.3 Å². The van der Waals surface area contributed by atoms with E-state index >= 15 is 0 Å². The Labute approximate surface area is 164 Å². The number of aromatic amines is 1. The van der Waals surface area contributed by atoms with Gasteiger partial charge in [-0.05, 0) is 61.2 Å². The first-order chi connectivity index (χ1) is 13.3. The summed E-state index contributed by atoms with van der Waals surface area (Å²) in [6.45, 7) is 3.74. The van der Waals surface area contributed by atoms with Crippen LogP contribution < -0.4 is 10.1 Å². The fraction of sp³-hybridized carbons (Fsp3) is 0.318. The molecule has 0 spiro atoms. The highest BCUT2D eigenvalue weighted by Gasteiger charge is 2.26. The Morgan fingerprint density at radius 1 is 1.46 bits per heavy atom. The Morgan fingerprint density at radius 2 is 2.25 bits per heavy atom. The number of methoxy groups -OCH3 is 1. The molecule has 1 aromatic heterocycles. The van der Waals surface area contributed by atoms with Crippen molar-refractivity contribution in [1.82, 2.24) is 10.3 Å². The van der Waals surface area contributed by atoms with Crippen molar-refractivity contribution < 1.29 is 19.7 Å². The van der Waals surface area contributed by atoms with Gasteiger partial charge in [0.05, 0.1) is 12.7 Å². The molecule has 1 aliphatic carbocycles. The number of phenolic OH excluding ortho intramolecular Hbond substituents is 1. The molecular formula is C22H26N2O4. The van der Waals surface area contributed by atoms with Gasteiger partial charge in [0.25, 0.3) is 0 Å². The predicted molar refractivity (Wildman–Crippen MR) is 109 cm³/mol. The van der Waals surface area contributed by atoms with Gasteiger partial charge in [-0.25, -0.2) is 0 Å². The number of nitrogens with one attached hydrogen (secondary N) is 2. The Bertz CT molecular complexity index is 925. The Balaban J connectivity index is 1.60. The molecule has 1 unspecified atom stereocenters. The first kappa shape index (κ1) is 19.8. The summed E-state index contributed by atoms with van der Waals surface area (Å²) in [5.74, 6) is 0.218.